The average molecular weight is 430 g/mol. The number of carboxylic acids is 1. The number of furan rings is 1. The van der Waals surface area contributed by atoms with Crippen molar-refractivity contribution in [1.29, 1.82) is 0 Å². The molecule has 0 spiro atoms. The molecule has 1 N–H and O–H groups in total. The molecule has 0 aliphatic rings. The summed E-state index contributed by atoms with van der Waals surface area (Å²) in [5.41, 5.74) is 1.26. The summed E-state index contributed by atoms with van der Waals surface area (Å²) in [6, 6.07) is 12.1. The predicted octanol–water partition coefficient (Wildman–Crippen LogP) is 6.89. The number of aromatic nitrogens is 1. The molecule has 2 heterocycles. The van der Waals surface area contributed by atoms with Crippen molar-refractivity contribution in [2.24, 2.45) is 10.2 Å². The third-order valence-electron chi connectivity index (χ3n) is 4.18. The summed E-state index contributed by atoms with van der Waals surface area (Å²) in [5.74, 6) is -0.379. The van der Waals surface area contributed by atoms with Crippen molar-refractivity contribution >= 4 is 44.3 Å². The smallest absolute Gasteiger partial charge is 0.337 e. The molecule has 2 aromatic carbocycles. The van der Waals surface area contributed by atoms with E-state index in [9.17, 15) is 14.3 Å². The van der Waals surface area contributed by atoms with Crippen LogP contribution in [0.25, 0.3) is 21.5 Å². The Bertz CT molecular complexity index is 1250. The second kappa shape index (κ2) is 7.73. The number of rotatable bonds is 5. The zero-order valence-electron chi connectivity index (χ0n) is 15.0. The molecular formula is C20H13ClFN3O3S. The molecule has 4 rings (SSSR count). The lowest BCUT2D eigenvalue weighted by Crippen LogP contribution is -1.97. The van der Waals surface area contributed by atoms with Crippen LogP contribution in [0.2, 0.25) is 5.02 Å². The first kappa shape index (κ1) is 19.2. The molecule has 1 unspecified atom stereocenters. The number of benzene rings is 2. The molecule has 0 radical (unpaired) electrons. The van der Waals surface area contributed by atoms with Crippen LogP contribution in [-0.2, 0) is 0 Å². The molecule has 2 aromatic heterocycles. The van der Waals surface area contributed by atoms with E-state index in [1.165, 1.54) is 35.6 Å². The molecule has 0 aliphatic carbocycles. The minimum atomic E-state index is -1.11. The van der Waals surface area contributed by atoms with Gasteiger partial charge in [-0.1, -0.05) is 22.9 Å². The quantitative estimate of drug-likeness (QED) is 0.350. The van der Waals surface area contributed by atoms with Gasteiger partial charge in [0, 0.05) is 5.56 Å². The second-order valence-electron chi connectivity index (χ2n) is 6.20. The average Bonchev–Trinajstić information content (AvgIpc) is 3.33. The Hall–Kier alpha value is -3.10. The van der Waals surface area contributed by atoms with Crippen LogP contribution in [0.4, 0.5) is 9.52 Å². The monoisotopic (exact) mass is 429 g/mol. The van der Waals surface area contributed by atoms with E-state index in [-0.39, 0.29) is 16.4 Å². The lowest BCUT2D eigenvalue weighted by atomic mass is 10.1. The van der Waals surface area contributed by atoms with Crippen molar-refractivity contribution in [3.8, 4) is 11.3 Å². The maximum Gasteiger partial charge on any atom is 0.337 e. The lowest BCUT2D eigenvalue weighted by molar-refractivity contribution is 0.0697. The van der Waals surface area contributed by atoms with Crippen LogP contribution >= 0.6 is 22.9 Å². The zero-order valence-corrected chi connectivity index (χ0v) is 16.5. The van der Waals surface area contributed by atoms with Gasteiger partial charge >= 0.3 is 5.97 Å². The number of fused-ring (bicyclic) bond motifs is 1. The van der Waals surface area contributed by atoms with Gasteiger partial charge in [-0.25, -0.2) is 14.2 Å². The highest BCUT2D eigenvalue weighted by Gasteiger charge is 2.15. The highest BCUT2D eigenvalue weighted by molar-refractivity contribution is 7.21. The van der Waals surface area contributed by atoms with E-state index in [4.69, 9.17) is 16.0 Å². The van der Waals surface area contributed by atoms with E-state index in [1.54, 1.807) is 24.3 Å². The summed E-state index contributed by atoms with van der Waals surface area (Å²) in [5, 5.41) is 18.1. The molecule has 29 heavy (non-hydrogen) atoms. The van der Waals surface area contributed by atoms with Crippen LogP contribution in [0.5, 0.6) is 0 Å². The third-order valence-corrected chi connectivity index (χ3v) is 5.41. The van der Waals surface area contributed by atoms with Gasteiger partial charge in [-0.3, -0.25) is 0 Å². The molecule has 4 aromatic rings. The maximum atomic E-state index is 13.3. The number of carbonyl (C=O) groups is 1. The minimum absolute atomic E-state index is 0.00197. The Balaban J connectivity index is 1.55. The summed E-state index contributed by atoms with van der Waals surface area (Å²) < 4.78 is 19.8. The van der Waals surface area contributed by atoms with E-state index in [1.807, 2.05) is 6.92 Å². The number of hydrogen-bond donors (Lipinski definition) is 1. The number of thiazole rings is 1. The van der Waals surface area contributed by atoms with Crippen LogP contribution < -0.4 is 0 Å². The van der Waals surface area contributed by atoms with E-state index >= 15 is 0 Å². The first-order chi connectivity index (χ1) is 13.9. The molecule has 146 valence electrons. The number of aromatic carboxylic acids is 1. The van der Waals surface area contributed by atoms with Crippen molar-refractivity contribution in [2.75, 3.05) is 0 Å². The molecule has 0 bridgehead atoms. The Morgan fingerprint density at radius 3 is 2.86 bits per heavy atom. The van der Waals surface area contributed by atoms with Crippen LogP contribution in [0, 0.1) is 5.82 Å². The fourth-order valence-electron chi connectivity index (χ4n) is 2.70. The van der Waals surface area contributed by atoms with Gasteiger partial charge in [0.1, 0.15) is 23.4 Å². The molecule has 6 nitrogen and oxygen atoms in total. The Kier molecular flexibility index (Phi) is 5.12. The van der Waals surface area contributed by atoms with Crippen molar-refractivity contribution < 1.29 is 18.7 Å². The molecule has 0 saturated carbocycles. The van der Waals surface area contributed by atoms with E-state index in [0.29, 0.717) is 32.4 Å². The number of hydrogen-bond acceptors (Lipinski definition) is 6. The van der Waals surface area contributed by atoms with E-state index < -0.39 is 12.0 Å². The standard InChI is InChI=1S/C20H13ClFN3O3S/c1-10(24-25-20-23-15-5-3-12(22)9-18(15)29-20)16-6-7-17(28-16)11-2-4-14(21)13(8-11)19(26)27/h2-10H,1H3,(H,26,27). The summed E-state index contributed by atoms with van der Waals surface area (Å²) in [7, 11) is 0. The summed E-state index contributed by atoms with van der Waals surface area (Å²) in [6.07, 6.45) is 0. The van der Waals surface area contributed by atoms with Crippen LogP contribution in [0.15, 0.2) is 63.2 Å². The van der Waals surface area contributed by atoms with Gasteiger partial charge < -0.3 is 9.52 Å². The molecule has 9 heteroatoms. The number of carboxylic acid groups (broad SMARTS) is 1. The third kappa shape index (κ3) is 4.03. The molecule has 1 atom stereocenters. The maximum absolute atomic E-state index is 13.3. The first-order valence-electron chi connectivity index (χ1n) is 8.50. The fourth-order valence-corrected chi connectivity index (χ4v) is 3.71. The summed E-state index contributed by atoms with van der Waals surface area (Å²) in [6.45, 7) is 1.81. The Morgan fingerprint density at radius 1 is 1.24 bits per heavy atom. The zero-order chi connectivity index (χ0) is 20.5. The van der Waals surface area contributed by atoms with Gasteiger partial charge in [0.2, 0.25) is 5.13 Å². The highest BCUT2D eigenvalue weighted by Crippen LogP contribution is 2.32. The molecule has 0 saturated heterocycles. The number of halogens is 2. The van der Waals surface area contributed by atoms with Gasteiger partial charge in [-0.15, -0.1) is 5.11 Å². The Morgan fingerprint density at radius 2 is 2.07 bits per heavy atom. The van der Waals surface area contributed by atoms with Crippen LogP contribution in [0.3, 0.4) is 0 Å². The van der Waals surface area contributed by atoms with Crippen molar-refractivity contribution in [3.05, 3.63) is 70.7 Å². The largest absolute Gasteiger partial charge is 0.478 e. The SMILES string of the molecule is CC(N=Nc1nc2ccc(F)cc2s1)c1ccc(-c2ccc(Cl)c(C(=O)O)c2)o1. The minimum Gasteiger partial charge on any atom is -0.478 e. The van der Waals surface area contributed by atoms with Gasteiger partial charge in [-0.2, -0.15) is 5.11 Å². The molecular weight excluding hydrogens is 417 g/mol. The normalized spacial score (nSPS) is 12.7. The van der Waals surface area contributed by atoms with Crippen LogP contribution in [-0.4, -0.2) is 16.1 Å². The Labute approximate surface area is 173 Å². The number of azo groups is 1. The van der Waals surface area contributed by atoms with E-state index in [0.717, 1.165) is 0 Å². The van der Waals surface area contributed by atoms with E-state index in [2.05, 4.69) is 15.2 Å². The van der Waals surface area contributed by atoms with Crippen molar-refractivity contribution in [2.45, 2.75) is 13.0 Å². The van der Waals surface area contributed by atoms with Gasteiger partial charge in [0.05, 0.1) is 20.8 Å². The molecule has 0 aliphatic heterocycles. The lowest BCUT2D eigenvalue weighted by Gasteiger charge is -2.03. The van der Waals surface area contributed by atoms with Gasteiger partial charge in [-0.05, 0) is 55.5 Å². The summed E-state index contributed by atoms with van der Waals surface area (Å²) in [4.78, 5) is 15.6. The topological polar surface area (TPSA) is 88.0 Å². The van der Waals surface area contributed by atoms with Crippen molar-refractivity contribution in [1.82, 2.24) is 4.98 Å². The number of nitrogens with zero attached hydrogens (tertiary/aromatic N) is 3. The van der Waals surface area contributed by atoms with Gasteiger partial charge in [0.15, 0.2) is 0 Å². The molecule has 0 amide bonds. The van der Waals surface area contributed by atoms with Crippen molar-refractivity contribution in [3.63, 3.8) is 0 Å². The fraction of sp³-hybridized carbons (Fsp3) is 0.100. The first-order valence-corrected chi connectivity index (χ1v) is 9.70. The summed E-state index contributed by atoms with van der Waals surface area (Å²) >= 11 is 7.15. The predicted molar refractivity (Wildman–Crippen MR) is 109 cm³/mol. The second-order valence-corrected chi connectivity index (χ2v) is 7.62. The highest BCUT2D eigenvalue weighted by atomic mass is 35.5. The van der Waals surface area contributed by atoms with Crippen LogP contribution in [0.1, 0.15) is 29.1 Å². The van der Waals surface area contributed by atoms with Gasteiger partial charge in [0.25, 0.3) is 0 Å². The molecule has 0 fully saturated rings.